The molecule has 2 heteroatoms. The van der Waals surface area contributed by atoms with E-state index < -0.39 is 0 Å². The van der Waals surface area contributed by atoms with Crippen molar-refractivity contribution in [2.45, 2.75) is 6.92 Å². The lowest BCUT2D eigenvalue weighted by molar-refractivity contribution is 0.415. The van der Waals surface area contributed by atoms with Crippen LogP contribution >= 0.6 is 0 Å². The highest BCUT2D eigenvalue weighted by atomic mass is 16.5. The summed E-state index contributed by atoms with van der Waals surface area (Å²) < 4.78 is 5.33. The Morgan fingerprint density at radius 2 is 1.79 bits per heavy atom. The predicted molar refractivity (Wildman–Crippen MR) is 78.5 cm³/mol. The van der Waals surface area contributed by atoms with Gasteiger partial charge in [0, 0.05) is 22.8 Å². The van der Waals surface area contributed by atoms with Crippen LogP contribution in [0.2, 0.25) is 0 Å². The van der Waals surface area contributed by atoms with Crippen LogP contribution in [0.15, 0.2) is 54.7 Å². The molecule has 3 aromatic rings. The summed E-state index contributed by atoms with van der Waals surface area (Å²) in [5, 5.41) is 2.31. The Bertz CT molecular complexity index is 720. The van der Waals surface area contributed by atoms with Gasteiger partial charge in [0.15, 0.2) is 0 Å². The number of fused-ring (bicyclic) bond motifs is 1. The molecule has 0 aliphatic heterocycles. The topological polar surface area (TPSA) is 22.1 Å². The van der Waals surface area contributed by atoms with E-state index in [0.717, 1.165) is 16.8 Å². The first kappa shape index (κ1) is 11.7. The fraction of sp³-hybridized carbons (Fsp3) is 0.118. The SMILES string of the molecule is COc1ccc2cnc(C)c(-c3ccccc3)c2c1. The van der Waals surface area contributed by atoms with Crippen LogP contribution in [0.5, 0.6) is 5.75 Å². The zero-order valence-corrected chi connectivity index (χ0v) is 11.1. The van der Waals surface area contributed by atoms with Crippen molar-refractivity contribution in [3.05, 3.63) is 60.4 Å². The van der Waals surface area contributed by atoms with Crippen LogP contribution in [0.1, 0.15) is 5.69 Å². The van der Waals surface area contributed by atoms with E-state index in [-0.39, 0.29) is 0 Å². The largest absolute Gasteiger partial charge is 0.497 e. The van der Waals surface area contributed by atoms with Crippen molar-refractivity contribution in [3.63, 3.8) is 0 Å². The van der Waals surface area contributed by atoms with Gasteiger partial charge >= 0.3 is 0 Å². The number of ether oxygens (including phenoxy) is 1. The van der Waals surface area contributed by atoms with Crippen LogP contribution in [0, 0.1) is 6.92 Å². The maximum Gasteiger partial charge on any atom is 0.119 e. The lowest BCUT2D eigenvalue weighted by Crippen LogP contribution is -1.91. The first-order valence-corrected chi connectivity index (χ1v) is 6.28. The van der Waals surface area contributed by atoms with Gasteiger partial charge in [0.2, 0.25) is 0 Å². The molecule has 0 unspecified atom stereocenters. The van der Waals surface area contributed by atoms with Crippen molar-refractivity contribution in [1.29, 1.82) is 0 Å². The minimum absolute atomic E-state index is 0.871. The van der Waals surface area contributed by atoms with E-state index in [2.05, 4.69) is 23.2 Å². The molecule has 0 saturated carbocycles. The Balaban J connectivity index is 2.35. The van der Waals surface area contributed by atoms with Crippen LogP contribution in [0.3, 0.4) is 0 Å². The molecular weight excluding hydrogens is 234 g/mol. The van der Waals surface area contributed by atoms with E-state index in [1.54, 1.807) is 7.11 Å². The highest BCUT2D eigenvalue weighted by molar-refractivity contribution is 5.97. The minimum atomic E-state index is 0.871. The second-order valence-electron chi connectivity index (χ2n) is 4.54. The van der Waals surface area contributed by atoms with E-state index in [4.69, 9.17) is 4.74 Å². The smallest absolute Gasteiger partial charge is 0.119 e. The monoisotopic (exact) mass is 249 g/mol. The van der Waals surface area contributed by atoms with Gasteiger partial charge < -0.3 is 4.74 Å². The minimum Gasteiger partial charge on any atom is -0.497 e. The molecule has 0 aliphatic carbocycles. The lowest BCUT2D eigenvalue weighted by Gasteiger charge is -2.11. The maximum absolute atomic E-state index is 5.33. The van der Waals surface area contributed by atoms with Crippen LogP contribution in [-0.4, -0.2) is 12.1 Å². The molecule has 0 fully saturated rings. The molecule has 1 aromatic heterocycles. The van der Waals surface area contributed by atoms with Crippen molar-refractivity contribution in [2.75, 3.05) is 7.11 Å². The molecule has 0 aliphatic rings. The fourth-order valence-corrected chi connectivity index (χ4v) is 2.39. The molecule has 94 valence electrons. The summed E-state index contributed by atoms with van der Waals surface area (Å²) in [7, 11) is 1.69. The summed E-state index contributed by atoms with van der Waals surface area (Å²) in [6.07, 6.45) is 1.91. The van der Waals surface area contributed by atoms with Crippen LogP contribution in [-0.2, 0) is 0 Å². The third-order valence-electron chi connectivity index (χ3n) is 3.35. The van der Waals surface area contributed by atoms with Crippen LogP contribution in [0.4, 0.5) is 0 Å². The van der Waals surface area contributed by atoms with E-state index in [1.807, 2.05) is 43.5 Å². The summed E-state index contributed by atoms with van der Waals surface area (Å²) in [4.78, 5) is 4.50. The van der Waals surface area contributed by atoms with E-state index in [1.165, 1.54) is 16.5 Å². The zero-order valence-electron chi connectivity index (χ0n) is 11.1. The summed E-state index contributed by atoms with van der Waals surface area (Å²) in [5.74, 6) is 0.871. The number of benzene rings is 2. The van der Waals surface area contributed by atoms with Crippen molar-refractivity contribution < 1.29 is 4.74 Å². The van der Waals surface area contributed by atoms with Crippen molar-refractivity contribution in [1.82, 2.24) is 4.98 Å². The van der Waals surface area contributed by atoms with Crippen molar-refractivity contribution in [2.24, 2.45) is 0 Å². The molecule has 19 heavy (non-hydrogen) atoms. The van der Waals surface area contributed by atoms with Crippen LogP contribution < -0.4 is 4.74 Å². The Hall–Kier alpha value is -2.35. The Morgan fingerprint density at radius 1 is 1.00 bits per heavy atom. The van der Waals surface area contributed by atoms with Gasteiger partial charge in [-0.05, 0) is 36.1 Å². The second kappa shape index (κ2) is 4.73. The van der Waals surface area contributed by atoms with Gasteiger partial charge in [0.05, 0.1) is 7.11 Å². The number of hydrogen-bond donors (Lipinski definition) is 0. The Kier molecular flexibility index (Phi) is 2.92. The number of hydrogen-bond acceptors (Lipinski definition) is 2. The predicted octanol–water partition coefficient (Wildman–Crippen LogP) is 4.22. The van der Waals surface area contributed by atoms with Crippen molar-refractivity contribution >= 4 is 10.8 Å². The average Bonchev–Trinajstić information content (AvgIpc) is 2.47. The van der Waals surface area contributed by atoms with E-state index in [9.17, 15) is 0 Å². The summed E-state index contributed by atoms with van der Waals surface area (Å²) in [5.41, 5.74) is 3.40. The molecule has 2 aromatic carbocycles. The van der Waals surface area contributed by atoms with Gasteiger partial charge in [0.25, 0.3) is 0 Å². The highest BCUT2D eigenvalue weighted by Gasteiger charge is 2.09. The Morgan fingerprint density at radius 3 is 2.53 bits per heavy atom. The van der Waals surface area contributed by atoms with E-state index in [0.29, 0.717) is 0 Å². The molecule has 0 atom stereocenters. The maximum atomic E-state index is 5.33. The molecule has 2 nitrogen and oxygen atoms in total. The normalized spacial score (nSPS) is 10.6. The number of nitrogens with zero attached hydrogens (tertiary/aromatic N) is 1. The molecule has 0 N–H and O–H groups in total. The first-order valence-electron chi connectivity index (χ1n) is 6.28. The van der Waals surface area contributed by atoms with Crippen LogP contribution in [0.25, 0.3) is 21.9 Å². The molecule has 0 saturated heterocycles. The average molecular weight is 249 g/mol. The molecule has 0 radical (unpaired) electrons. The zero-order chi connectivity index (χ0) is 13.2. The number of aromatic nitrogens is 1. The third kappa shape index (κ3) is 2.06. The van der Waals surface area contributed by atoms with Crippen molar-refractivity contribution in [3.8, 4) is 16.9 Å². The number of methoxy groups -OCH3 is 1. The summed E-state index contributed by atoms with van der Waals surface area (Å²) in [6, 6.07) is 16.4. The molecule has 0 amide bonds. The number of pyridine rings is 1. The molecule has 0 bridgehead atoms. The van der Waals surface area contributed by atoms with Gasteiger partial charge in [0.1, 0.15) is 5.75 Å². The first-order chi connectivity index (χ1) is 9.29. The molecule has 3 rings (SSSR count). The number of aryl methyl sites for hydroxylation is 1. The highest BCUT2D eigenvalue weighted by Crippen LogP contribution is 2.32. The standard InChI is InChI=1S/C17H15NO/c1-12-17(13-6-4-3-5-7-13)16-10-15(19-2)9-8-14(16)11-18-12/h3-11H,1-2H3. The van der Waals surface area contributed by atoms with Gasteiger partial charge in [-0.15, -0.1) is 0 Å². The van der Waals surface area contributed by atoms with Gasteiger partial charge in [-0.25, -0.2) is 0 Å². The van der Waals surface area contributed by atoms with Gasteiger partial charge in [-0.1, -0.05) is 30.3 Å². The number of rotatable bonds is 2. The quantitative estimate of drug-likeness (QED) is 0.678. The summed E-state index contributed by atoms with van der Waals surface area (Å²) >= 11 is 0. The molecule has 1 heterocycles. The Labute approximate surface area is 112 Å². The van der Waals surface area contributed by atoms with Gasteiger partial charge in [-0.3, -0.25) is 4.98 Å². The molecular formula is C17H15NO. The molecule has 0 spiro atoms. The van der Waals surface area contributed by atoms with Gasteiger partial charge in [-0.2, -0.15) is 0 Å². The fourth-order valence-electron chi connectivity index (χ4n) is 2.39. The third-order valence-corrected chi connectivity index (χ3v) is 3.35. The summed E-state index contributed by atoms with van der Waals surface area (Å²) in [6.45, 7) is 2.04. The van der Waals surface area contributed by atoms with E-state index >= 15 is 0 Å². The second-order valence-corrected chi connectivity index (χ2v) is 4.54. The lowest BCUT2D eigenvalue weighted by atomic mass is 9.98.